The molecule has 0 unspecified atom stereocenters. The highest BCUT2D eigenvalue weighted by atomic mass is 35.5. The van der Waals surface area contributed by atoms with Gasteiger partial charge in [0.1, 0.15) is 5.82 Å². The number of rotatable bonds is 4. The van der Waals surface area contributed by atoms with Gasteiger partial charge in [-0.2, -0.15) is 4.37 Å². The van der Waals surface area contributed by atoms with E-state index in [0.29, 0.717) is 5.02 Å². The summed E-state index contributed by atoms with van der Waals surface area (Å²) in [6.45, 7) is 2.04. The van der Waals surface area contributed by atoms with Gasteiger partial charge in [0.05, 0.1) is 0 Å². The molecule has 0 atom stereocenters. The molecule has 0 aliphatic carbocycles. The molecule has 0 aliphatic heterocycles. The molecule has 3 rings (SSSR count). The molecule has 5 nitrogen and oxygen atoms in total. The van der Waals surface area contributed by atoms with Crippen LogP contribution in [0.3, 0.4) is 0 Å². The molecule has 108 valence electrons. The lowest BCUT2D eigenvalue weighted by Gasteiger charge is -2.02. The molecular formula is C13H12ClN5S2. The van der Waals surface area contributed by atoms with E-state index in [4.69, 9.17) is 11.6 Å². The normalized spacial score (nSPS) is 11.0. The Hall–Kier alpha value is -1.44. The van der Waals surface area contributed by atoms with Crippen LogP contribution < -0.4 is 0 Å². The van der Waals surface area contributed by atoms with E-state index in [1.807, 2.05) is 42.8 Å². The predicted octanol–water partition coefficient (Wildman–Crippen LogP) is 3.70. The summed E-state index contributed by atoms with van der Waals surface area (Å²) in [5, 5.41) is 9.97. The van der Waals surface area contributed by atoms with Gasteiger partial charge in [0, 0.05) is 24.1 Å². The van der Waals surface area contributed by atoms with E-state index >= 15 is 0 Å². The molecule has 2 heterocycles. The van der Waals surface area contributed by atoms with Gasteiger partial charge in [-0.25, -0.2) is 4.98 Å². The molecule has 0 bridgehead atoms. The first-order valence-corrected chi connectivity index (χ1v) is 8.30. The van der Waals surface area contributed by atoms with Crippen molar-refractivity contribution in [3.05, 3.63) is 35.1 Å². The quantitative estimate of drug-likeness (QED) is 0.726. The average molecular weight is 338 g/mol. The highest BCUT2D eigenvalue weighted by molar-refractivity contribution is 8.00. The van der Waals surface area contributed by atoms with Crippen molar-refractivity contribution in [3.8, 4) is 11.4 Å². The first-order chi connectivity index (χ1) is 10.2. The van der Waals surface area contributed by atoms with E-state index in [-0.39, 0.29) is 0 Å². The van der Waals surface area contributed by atoms with Gasteiger partial charge >= 0.3 is 0 Å². The highest BCUT2D eigenvalue weighted by Gasteiger charge is 2.14. The van der Waals surface area contributed by atoms with Crippen molar-refractivity contribution < 1.29 is 0 Å². The Labute approximate surface area is 135 Å². The van der Waals surface area contributed by atoms with Gasteiger partial charge in [0.15, 0.2) is 15.3 Å². The number of aryl methyl sites for hydroxylation is 1. The van der Waals surface area contributed by atoms with Crippen LogP contribution in [0.2, 0.25) is 5.02 Å². The molecule has 0 radical (unpaired) electrons. The molecule has 0 saturated carbocycles. The number of halogens is 1. The monoisotopic (exact) mass is 337 g/mol. The Bertz CT molecular complexity index is 750. The van der Waals surface area contributed by atoms with Crippen molar-refractivity contribution in [2.24, 2.45) is 7.05 Å². The molecule has 8 heteroatoms. The number of aromatic nitrogens is 5. The fourth-order valence-electron chi connectivity index (χ4n) is 1.76. The van der Waals surface area contributed by atoms with E-state index in [2.05, 4.69) is 19.6 Å². The van der Waals surface area contributed by atoms with Crippen molar-refractivity contribution in [1.82, 2.24) is 24.1 Å². The van der Waals surface area contributed by atoms with Crippen LogP contribution in [0.5, 0.6) is 0 Å². The fourth-order valence-corrected chi connectivity index (χ4v) is 3.48. The lowest BCUT2D eigenvalue weighted by Crippen LogP contribution is -1.94. The topological polar surface area (TPSA) is 56.5 Å². The second-order valence-electron chi connectivity index (χ2n) is 4.30. The van der Waals surface area contributed by atoms with Crippen LogP contribution in [0.15, 0.2) is 33.8 Å². The third-order valence-electron chi connectivity index (χ3n) is 2.88. The van der Waals surface area contributed by atoms with Gasteiger partial charge in [-0.15, -0.1) is 10.2 Å². The van der Waals surface area contributed by atoms with E-state index in [0.717, 1.165) is 33.1 Å². The standard InChI is InChI=1S/C13H12ClN5S2/c1-3-10-15-13(21-18-10)20-12-17-16-11(19(12)2)8-4-6-9(14)7-5-8/h4-7H,3H2,1-2H3. The summed E-state index contributed by atoms with van der Waals surface area (Å²) in [7, 11) is 1.94. The van der Waals surface area contributed by atoms with Crippen molar-refractivity contribution in [3.63, 3.8) is 0 Å². The molecule has 0 amide bonds. The second kappa shape index (κ2) is 6.13. The Morgan fingerprint density at radius 2 is 2.00 bits per heavy atom. The summed E-state index contributed by atoms with van der Waals surface area (Å²) < 4.78 is 7.10. The summed E-state index contributed by atoms with van der Waals surface area (Å²) in [6, 6.07) is 7.55. The van der Waals surface area contributed by atoms with Crippen molar-refractivity contribution in [1.29, 1.82) is 0 Å². The molecule has 0 N–H and O–H groups in total. The number of hydrogen-bond donors (Lipinski definition) is 0. The minimum atomic E-state index is 0.705. The molecule has 0 fully saturated rings. The maximum atomic E-state index is 5.91. The van der Waals surface area contributed by atoms with Gasteiger partial charge in [-0.05, 0) is 47.6 Å². The molecule has 1 aromatic carbocycles. The number of benzene rings is 1. The maximum Gasteiger partial charge on any atom is 0.198 e. The lowest BCUT2D eigenvalue weighted by molar-refractivity contribution is 0.793. The van der Waals surface area contributed by atoms with Crippen molar-refractivity contribution in [2.75, 3.05) is 0 Å². The maximum absolute atomic E-state index is 5.91. The van der Waals surface area contributed by atoms with Gasteiger partial charge in [-0.1, -0.05) is 18.5 Å². The third kappa shape index (κ3) is 3.09. The minimum absolute atomic E-state index is 0.705. The minimum Gasteiger partial charge on any atom is -0.305 e. The SMILES string of the molecule is CCc1nsc(Sc2nnc(-c3ccc(Cl)cc3)n2C)n1. The molecule has 3 aromatic rings. The van der Waals surface area contributed by atoms with E-state index in [9.17, 15) is 0 Å². The fraction of sp³-hybridized carbons (Fsp3) is 0.231. The van der Waals surface area contributed by atoms with Crippen LogP contribution in [-0.4, -0.2) is 24.1 Å². The Kier molecular flexibility index (Phi) is 4.23. The van der Waals surface area contributed by atoms with Crippen molar-refractivity contribution >= 4 is 34.9 Å². The molecule has 2 aromatic heterocycles. The summed E-state index contributed by atoms with van der Waals surface area (Å²) in [5.74, 6) is 1.66. The average Bonchev–Trinajstić information content (AvgIpc) is 3.08. The Morgan fingerprint density at radius 1 is 1.24 bits per heavy atom. The summed E-state index contributed by atoms with van der Waals surface area (Å²) >= 11 is 8.77. The molecule has 0 spiro atoms. The molecule has 0 aliphatic rings. The zero-order chi connectivity index (χ0) is 14.8. The van der Waals surface area contributed by atoms with Crippen molar-refractivity contribution in [2.45, 2.75) is 22.8 Å². The summed E-state index contributed by atoms with van der Waals surface area (Å²) in [5.41, 5.74) is 0.979. The van der Waals surface area contributed by atoms with Crippen LogP contribution in [0.25, 0.3) is 11.4 Å². The van der Waals surface area contributed by atoms with Crippen LogP contribution in [0, 0.1) is 0 Å². The van der Waals surface area contributed by atoms with Crippen LogP contribution in [-0.2, 0) is 13.5 Å². The zero-order valence-corrected chi connectivity index (χ0v) is 13.8. The summed E-state index contributed by atoms with van der Waals surface area (Å²) in [4.78, 5) is 4.43. The van der Waals surface area contributed by atoms with Gasteiger partial charge < -0.3 is 4.57 Å². The second-order valence-corrected chi connectivity index (χ2v) is 6.71. The van der Waals surface area contributed by atoms with Gasteiger partial charge in [0.2, 0.25) is 0 Å². The van der Waals surface area contributed by atoms with E-state index < -0.39 is 0 Å². The van der Waals surface area contributed by atoms with E-state index in [1.165, 1.54) is 23.3 Å². The molecule has 0 saturated heterocycles. The number of hydrogen-bond acceptors (Lipinski definition) is 6. The largest absolute Gasteiger partial charge is 0.305 e. The smallest absolute Gasteiger partial charge is 0.198 e. The van der Waals surface area contributed by atoms with Crippen LogP contribution >= 0.6 is 34.9 Å². The van der Waals surface area contributed by atoms with Gasteiger partial charge in [0.25, 0.3) is 0 Å². The summed E-state index contributed by atoms with van der Waals surface area (Å²) in [6.07, 6.45) is 0.839. The Balaban J connectivity index is 1.86. The first-order valence-electron chi connectivity index (χ1n) is 6.33. The molecular weight excluding hydrogens is 326 g/mol. The van der Waals surface area contributed by atoms with E-state index in [1.54, 1.807) is 0 Å². The predicted molar refractivity (Wildman–Crippen MR) is 84.9 cm³/mol. The third-order valence-corrected chi connectivity index (χ3v) is 4.96. The number of nitrogens with zero attached hydrogens (tertiary/aromatic N) is 5. The van der Waals surface area contributed by atoms with Crippen LogP contribution in [0.1, 0.15) is 12.7 Å². The van der Waals surface area contributed by atoms with Crippen LogP contribution in [0.4, 0.5) is 0 Å². The van der Waals surface area contributed by atoms with Gasteiger partial charge in [-0.3, -0.25) is 0 Å². The Morgan fingerprint density at radius 3 is 2.67 bits per heavy atom. The molecule has 21 heavy (non-hydrogen) atoms. The first kappa shape index (κ1) is 14.5. The lowest BCUT2D eigenvalue weighted by atomic mass is 10.2. The highest BCUT2D eigenvalue weighted by Crippen LogP contribution is 2.30. The zero-order valence-electron chi connectivity index (χ0n) is 11.4.